The van der Waals surface area contributed by atoms with Gasteiger partial charge in [0, 0.05) is 0 Å². The van der Waals surface area contributed by atoms with Gasteiger partial charge in [-0.3, -0.25) is 0 Å². The van der Waals surface area contributed by atoms with Crippen molar-refractivity contribution < 1.29 is 5.11 Å². The molecule has 1 N–H and O–H groups in total. The van der Waals surface area contributed by atoms with E-state index in [-0.39, 0.29) is 16.2 Å². The van der Waals surface area contributed by atoms with Crippen LogP contribution in [0.15, 0.2) is 18.2 Å². The molecule has 0 bridgehead atoms. The first kappa shape index (κ1) is 18.1. The van der Waals surface area contributed by atoms with E-state index in [1.807, 2.05) is 13.0 Å². The van der Waals surface area contributed by atoms with Crippen LogP contribution in [0.4, 0.5) is 0 Å². The second kappa shape index (κ2) is 5.66. The number of hydrogen-bond donors (Lipinski definition) is 1. The van der Waals surface area contributed by atoms with Gasteiger partial charge in [-0.25, -0.2) is 0 Å². The van der Waals surface area contributed by atoms with Crippen molar-refractivity contribution in [2.45, 2.75) is 74.1 Å². The minimum Gasteiger partial charge on any atom is -0.508 e. The summed E-state index contributed by atoms with van der Waals surface area (Å²) >= 11 is 0. The van der Waals surface area contributed by atoms with Gasteiger partial charge >= 0.3 is 0 Å². The molecule has 2 atom stereocenters. The Hall–Kier alpha value is -0.980. The van der Waals surface area contributed by atoms with Crippen LogP contribution < -0.4 is 0 Å². The first-order chi connectivity index (χ1) is 9.27. The summed E-state index contributed by atoms with van der Waals surface area (Å²) in [5, 5.41) is 9.84. The molecule has 0 aliphatic rings. The van der Waals surface area contributed by atoms with E-state index >= 15 is 0 Å². The first-order valence-electron chi connectivity index (χ1n) is 8.07. The number of aromatic hydroxyl groups is 1. The van der Waals surface area contributed by atoms with Gasteiger partial charge in [0.05, 0.1) is 0 Å². The van der Waals surface area contributed by atoms with E-state index in [1.165, 1.54) is 5.56 Å². The number of phenolic OH excluding ortho intramolecular Hbond substituents is 1. The SMILES string of the molecule is Cc1cc(C(C)(CC(C)(C)C)C(C)C(C)(C)C)ccc1O. The summed E-state index contributed by atoms with van der Waals surface area (Å²) in [5.74, 6) is 0.924. The lowest BCUT2D eigenvalue weighted by Crippen LogP contribution is -2.41. The molecular weight excluding hydrogens is 256 g/mol. The third kappa shape index (κ3) is 4.25. The maximum Gasteiger partial charge on any atom is 0.118 e. The average molecular weight is 290 g/mol. The second-order valence-corrected chi connectivity index (χ2v) is 9.24. The highest BCUT2D eigenvalue weighted by atomic mass is 16.3. The fourth-order valence-electron chi connectivity index (χ4n) is 3.57. The maximum atomic E-state index is 9.84. The molecule has 0 saturated heterocycles. The Morgan fingerprint density at radius 1 is 1.00 bits per heavy atom. The van der Waals surface area contributed by atoms with Crippen LogP contribution in [0.25, 0.3) is 0 Å². The van der Waals surface area contributed by atoms with Crippen LogP contribution in [0.5, 0.6) is 5.75 Å². The van der Waals surface area contributed by atoms with Gasteiger partial charge in [-0.15, -0.1) is 0 Å². The zero-order valence-electron chi connectivity index (χ0n) is 15.5. The molecule has 0 radical (unpaired) electrons. The molecule has 0 amide bonds. The molecule has 120 valence electrons. The Morgan fingerprint density at radius 2 is 1.52 bits per heavy atom. The van der Waals surface area contributed by atoms with Crippen molar-refractivity contribution in [1.29, 1.82) is 0 Å². The molecule has 2 unspecified atom stereocenters. The highest BCUT2D eigenvalue weighted by Gasteiger charge is 2.41. The molecule has 1 aromatic carbocycles. The fourth-order valence-corrected chi connectivity index (χ4v) is 3.57. The minimum absolute atomic E-state index is 0.0922. The van der Waals surface area contributed by atoms with Crippen LogP contribution in [0.2, 0.25) is 0 Å². The quantitative estimate of drug-likeness (QED) is 0.715. The molecule has 0 spiro atoms. The average Bonchev–Trinajstić information content (AvgIpc) is 2.28. The number of benzene rings is 1. The topological polar surface area (TPSA) is 20.2 Å². The highest BCUT2D eigenvalue weighted by Crippen LogP contribution is 2.48. The monoisotopic (exact) mass is 290 g/mol. The summed E-state index contributed by atoms with van der Waals surface area (Å²) in [7, 11) is 0. The lowest BCUT2D eigenvalue weighted by molar-refractivity contribution is 0.110. The van der Waals surface area contributed by atoms with Crippen molar-refractivity contribution in [1.82, 2.24) is 0 Å². The van der Waals surface area contributed by atoms with E-state index in [0.29, 0.717) is 11.7 Å². The van der Waals surface area contributed by atoms with E-state index in [4.69, 9.17) is 0 Å². The molecule has 1 nitrogen and oxygen atoms in total. The van der Waals surface area contributed by atoms with Crippen LogP contribution in [0, 0.1) is 23.7 Å². The molecule has 1 heteroatoms. The zero-order chi connectivity index (χ0) is 16.6. The van der Waals surface area contributed by atoms with Gasteiger partial charge < -0.3 is 5.11 Å². The molecule has 0 saturated carbocycles. The normalized spacial score (nSPS) is 17.4. The summed E-state index contributed by atoms with van der Waals surface area (Å²) in [5.41, 5.74) is 2.91. The van der Waals surface area contributed by atoms with Gasteiger partial charge in [0.2, 0.25) is 0 Å². The van der Waals surface area contributed by atoms with Crippen LogP contribution >= 0.6 is 0 Å². The van der Waals surface area contributed by atoms with Crippen molar-refractivity contribution >= 4 is 0 Å². The van der Waals surface area contributed by atoms with Crippen molar-refractivity contribution in [3.05, 3.63) is 29.3 Å². The van der Waals surface area contributed by atoms with E-state index in [1.54, 1.807) is 0 Å². The lowest BCUT2D eigenvalue weighted by Gasteiger charge is -2.47. The van der Waals surface area contributed by atoms with Gasteiger partial charge in [0.25, 0.3) is 0 Å². The smallest absolute Gasteiger partial charge is 0.118 e. The standard InChI is InChI=1S/C20H34O/c1-14-12-16(10-11-17(14)21)20(9,13-18(3,4)5)15(2)19(6,7)8/h10-12,15,21H,13H2,1-9H3. The Kier molecular flexibility index (Phi) is 4.87. The van der Waals surface area contributed by atoms with E-state index in [9.17, 15) is 5.11 Å². The van der Waals surface area contributed by atoms with Crippen LogP contribution in [0.1, 0.15) is 72.9 Å². The summed E-state index contributed by atoms with van der Waals surface area (Å²) in [6.45, 7) is 20.7. The second-order valence-electron chi connectivity index (χ2n) is 9.24. The van der Waals surface area contributed by atoms with Crippen LogP contribution in [-0.2, 0) is 5.41 Å². The molecule has 1 aromatic rings. The van der Waals surface area contributed by atoms with Crippen molar-refractivity contribution in [3.8, 4) is 5.75 Å². The Balaban J connectivity index is 3.40. The molecular formula is C20H34O. The molecule has 0 aliphatic heterocycles. The van der Waals surface area contributed by atoms with Crippen molar-refractivity contribution in [2.75, 3.05) is 0 Å². The van der Waals surface area contributed by atoms with Gasteiger partial charge in [-0.2, -0.15) is 0 Å². The first-order valence-corrected chi connectivity index (χ1v) is 8.07. The highest BCUT2D eigenvalue weighted by molar-refractivity contribution is 5.39. The third-order valence-electron chi connectivity index (χ3n) is 5.01. The maximum absolute atomic E-state index is 9.84. The number of aryl methyl sites for hydroxylation is 1. The number of rotatable bonds is 3. The van der Waals surface area contributed by atoms with Gasteiger partial charge in [-0.05, 0) is 52.7 Å². The van der Waals surface area contributed by atoms with Crippen LogP contribution in [-0.4, -0.2) is 5.11 Å². The number of hydrogen-bond acceptors (Lipinski definition) is 1. The predicted molar refractivity (Wildman–Crippen MR) is 92.9 cm³/mol. The Morgan fingerprint density at radius 3 is 1.90 bits per heavy atom. The fraction of sp³-hybridized carbons (Fsp3) is 0.700. The third-order valence-corrected chi connectivity index (χ3v) is 5.01. The molecule has 0 aliphatic carbocycles. The summed E-state index contributed by atoms with van der Waals surface area (Å²) in [6, 6.07) is 6.13. The van der Waals surface area contributed by atoms with Gasteiger partial charge in [0.1, 0.15) is 5.75 Å². The predicted octanol–water partition coefficient (Wildman–Crippen LogP) is 6.08. The molecule has 0 heterocycles. The van der Waals surface area contributed by atoms with Crippen molar-refractivity contribution in [2.24, 2.45) is 16.7 Å². The number of phenols is 1. The Bertz CT molecular complexity index is 488. The van der Waals surface area contributed by atoms with E-state index < -0.39 is 0 Å². The zero-order valence-corrected chi connectivity index (χ0v) is 15.5. The largest absolute Gasteiger partial charge is 0.508 e. The molecule has 0 aromatic heterocycles. The summed E-state index contributed by atoms with van der Waals surface area (Å²) in [4.78, 5) is 0. The molecule has 1 rings (SSSR count). The van der Waals surface area contributed by atoms with Crippen LogP contribution in [0.3, 0.4) is 0 Å². The minimum atomic E-state index is 0.0922. The van der Waals surface area contributed by atoms with Crippen molar-refractivity contribution in [3.63, 3.8) is 0 Å². The van der Waals surface area contributed by atoms with Gasteiger partial charge in [-0.1, -0.05) is 67.5 Å². The summed E-state index contributed by atoms with van der Waals surface area (Å²) < 4.78 is 0. The lowest BCUT2D eigenvalue weighted by atomic mass is 9.58. The summed E-state index contributed by atoms with van der Waals surface area (Å²) in [6.07, 6.45) is 1.13. The van der Waals surface area contributed by atoms with E-state index in [2.05, 4.69) is 67.5 Å². The molecule has 21 heavy (non-hydrogen) atoms. The molecule has 0 fully saturated rings. The Labute approximate surface area is 131 Å². The van der Waals surface area contributed by atoms with Gasteiger partial charge in [0.15, 0.2) is 0 Å². The van der Waals surface area contributed by atoms with E-state index in [0.717, 1.165) is 12.0 Å².